The minimum atomic E-state index is -1.38. The number of rotatable bonds is 5. The molecule has 0 radical (unpaired) electrons. The van der Waals surface area contributed by atoms with Crippen LogP contribution in [0.25, 0.3) is 0 Å². The second-order valence-corrected chi connectivity index (χ2v) is 7.56. The molecule has 114 valence electrons. The molecule has 1 amide bonds. The fraction of sp³-hybridized carbons (Fsp3) is 0.278. The Bertz CT molecular complexity index is 641. The van der Waals surface area contributed by atoms with Crippen LogP contribution in [0, 0.1) is 0 Å². The predicted octanol–water partition coefficient (Wildman–Crippen LogP) is 2.93. The molecular weight excluding hydrogens is 294 g/mol. The van der Waals surface area contributed by atoms with Crippen molar-refractivity contribution in [3.63, 3.8) is 0 Å². The zero-order valence-corrected chi connectivity index (χ0v) is 13.1. The Kier molecular flexibility index (Phi) is 4.12. The molecule has 3 rings (SSSR count). The Morgan fingerprint density at radius 2 is 1.41 bits per heavy atom. The minimum Gasteiger partial charge on any atom is -0.368 e. The molecule has 1 atom stereocenters. The van der Waals surface area contributed by atoms with Gasteiger partial charge in [-0.25, -0.2) is 0 Å². The highest BCUT2D eigenvalue weighted by Crippen LogP contribution is 2.44. The van der Waals surface area contributed by atoms with E-state index in [0.29, 0.717) is 12.8 Å². The second-order valence-electron chi connectivity index (χ2n) is 5.71. The van der Waals surface area contributed by atoms with E-state index in [1.54, 1.807) is 0 Å². The van der Waals surface area contributed by atoms with E-state index in [2.05, 4.69) is 0 Å². The van der Waals surface area contributed by atoms with Gasteiger partial charge in [-0.1, -0.05) is 60.7 Å². The summed E-state index contributed by atoms with van der Waals surface area (Å²) in [6, 6.07) is 19.4. The topological polar surface area (TPSA) is 60.2 Å². The van der Waals surface area contributed by atoms with Crippen molar-refractivity contribution in [2.45, 2.75) is 29.3 Å². The first-order valence-electron chi connectivity index (χ1n) is 7.46. The molecule has 0 heterocycles. The molecule has 1 aliphatic carbocycles. The number of carbonyl (C=O) groups is 1. The van der Waals surface area contributed by atoms with Gasteiger partial charge in [-0.2, -0.15) is 0 Å². The van der Waals surface area contributed by atoms with E-state index in [9.17, 15) is 9.00 Å². The van der Waals surface area contributed by atoms with Crippen LogP contribution in [0.3, 0.4) is 0 Å². The monoisotopic (exact) mass is 313 g/mol. The Labute approximate surface area is 133 Å². The molecule has 1 saturated carbocycles. The lowest BCUT2D eigenvalue weighted by Crippen LogP contribution is -2.54. The van der Waals surface area contributed by atoms with Crippen LogP contribution in [-0.4, -0.2) is 14.9 Å². The van der Waals surface area contributed by atoms with E-state index < -0.39 is 21.5 Å². The third-order valence-electron chi connectivity index (χ3n) is 4.41. The van der Waals surface area contributed by atoms with Crippen LogP contribution in [0.1, 0.15) is 35.6 Å². The lowest BCUT2D eigenvalue weighted by molar-refractivity contribution is -0.122. The summed E-state index contributed by atoms with van der Waals surface area (Å²) in [5, 5.41) is -0.324. The van der Waals surface area contributed by atoms with E-state index >= 15 is 0 Å². The Hall–Kier alpha value is -1.94. The third-order valence-corrected chi connectivity index (χ3v) is 6.77. The standard InChI is InChI=1S/C18H19NO2S/c19-17(20)18(12-7-13-18)22(21)16(14-8-3-1-4-9-14)15-10-5-2-6-11-15/h1-6,8-11,16H,7,12-13H2,(H2,19,20). The van der Waals surface area contributed by atoms with Gasteiger partial charge in [0.1, 0.15) is 4.75 Å². The summed E-state index contributed by atoms with van der Waals surface area (Å²) in [7, 11) is -1.38. The number of hydrogen-bond acceptors (Lipinski definition) is 2. The van der Waals surface area contributed by atoms with Crippen LogP contribution < -0.4 is 5.73 Å². The van der Waals surface area contributed by atoms with Gasteiger partial charge in [0, 0.05) is 10.8 Å². The molecule has 2 aromatic rings. The molecule has 22 heavy (non-hydrogen) atoms. The van der Waals surface area contributed by atoms with Crippen molar-refractivity contribution in [3.8, 4) is 0 Å². The largest absolute Gasteiger partial charge is 0.368 e. The van der Waals surface area contributed by atoms with Gasteiger partial charge in [-0.05, 0) is 30.4 Å². The highest BCUT2D eigenvalue weighted by molar-refractivity contribution is 7.87. The van der Waals surface area contributed by atoms with Gasteiger partial charge in [0.15, 0.2) is 0 Å². The van der Waals surface area contributed by atoms with Gasteiger partial charge < -0.3 is 5.73 Å². The highest BCUT2D eigenvalue weighted by atomic mass is 32.2. The fourth-order valence-electron chi connectivity index (χ4n) is 2.97. The number of nitrogens with two attached hydrogens (primary N) is 1. The maximum atomic E-state index is 13.3. The SMILES string of the molecule is NC(=O)C1(S(=O)C(c2ccccc2)c2ccccc2)CCC1. The molecule has 2 aromatic carbocycles. The Balaban J connectivity index is 2.07. The molecule has 0 aromatic heterocycles. The zero-order valence-electron chi connectivity index (χ0n) is 12.3. The van der Waals surface area contributed by atoms with Crippen LogP contribution in [0.5, 0.6) is 0 Å². The highest BCUT2D eigenvalue weighted by Gasteiger charge is 2.51. The molecule has 0 bridgehead atoms. The predicted molar refractivity (Wildman–Crippen MR) is 88.6 cm³/mol. The maximum absolute atomic E-state index is 13.3. The number of benzene rings is 2. The van der Waals surface area contributed by atoms with Crippen LogP contribution >= 0.6 is 0 Å². The molecule has 3 nitrogen and oxygen atoms in total. The number of amides is 1. The van der Waals surface area contributed by atoms with Crippen molar-refractivity contribution < 1.29 is 9.00 Å². The Morgan fingerprint density at radius 3 is 1.73 bits per heavy atom. The summed E-state index contributed by atoms with van der Waals surface area (Å²) in [6.07, 6.45) is 2.14. The molecule has 0 saturated heterocycles. The summed E-state index contributed by atoms with van der Waals surface area (Å²) in [5.74, 6) is -0.436. The summed E-state index contributed by atoms with van der Waals surface area (Å²) in [4.78, 5) is 11.9. The lowest BCUT2D eigenvalue weighted by Gasteiger charge is -2.40. The zero-order chi connectivity index (χ0) is 15.6. The summed E-state index contributed by atoms with van der Waals surface area (Å²) >= 11 is 0. The molecule has 2 N–H and O–H groups in total. The third kappa shape index (κ3) is 2.48. The van der Waals surface area contributed by atoms with Crippen molar-refractivity contribution in [3.05, 3.63) is 71.8 Å². The van der Waals surface area contributed by atoms with E-state index in [1.165, 1.54) is 0 Å². The van der Waals surface area contributed by atoms with E-state index in [1.807, 2.05) is 60.7 Å². The van der Waals surface area contributed by atoms with Crippen LogP contribution in [0.2, 0.25) is 0 Å². The van der Waals surface area contributed by atoms with E-state index in [4.69, 9.17) is 5.73 Å². The quantitative estimate of drug-likeness (QED) is 0.922. The molecule has 0 spiro atoms. The summed E-state index contributed by atoms with van der Waals surface area (Å²) < 4.78 is 12.4. The molecule has 1 fully saturated rings. The number of hydrogen-bond donors (Lipinski definition) is 1. The summed E-state index contributed by atoms with van der Waals surface area (Å²) in [6.45, 7) is 0. The first kappa shape index (κ1) is 15.0. The normalized spacial score (nSPS) is 17.7. The van der Waals surface area contributed by atoms with Crippen LogP contribution in [0.15, 0.2) is 60.7 Å². The van der Waals surface area contributed by atoms with Crippen LogP contribution in [-0.2, 0) is 15.6 Å². The molecule has 1 unspecified atom stereocenters. The molecular formula is C18H19NO2S. The van der Waals surface area contributed by atoms with Crippen LogP contribution in [0.4, 0.5) is 0 Å². The fourth-order valence-corrected chi connectivity index (χ4v) is 5.11. The van der Waals surface area contributed by atoms with Gasteiger partial charge in [-0.15, -0.1) is 0 Å². The van der Waals surface area contributed by atoms with Gasteiger partial charge in [0.2, 0.25) is 5.91 Å². The second kappa shape index (κ2) is 6.05. The van der Waals surface area contributed by atoms with Crippen molar-refractivity contribution in [1.82, 2.24) is 0 Å². The minimum absolute atomic E-state index is 0.324. The smallest absolute Gasteiger partial charge is 0.236 e. The Morgan fingerprint density at radius 1 is 0.955 bits per heavy atom. The first-order valence-corrected chi connectivity index (χ1v) is 8.67. The number of carbonyl (C=O) groups excluding carboxylic acids is 1. The van der Waals surface area contributed by atoms with Crippen molar-refractivity contribution >= 4 is 16.7 Å². The molecule has 4 heteroatoms. The van der Waals surface area contributed by atoms with Gasteiger partial charge in [0.25, 0.3) is 0 Å². The first-order chi connectivity index (χ1) is 10.6. The van der Waals surface area contributed by atoms with Crippen molar-refractivity contribution in [2.24, 2.45) is 5.73 Å². The molecule has 0 aliphatic heterocycles. The van der Waals surface area contributed by atoms with Gasteiger partial charge in [-0.3, -0.25) is 9.00 Å². The lowest BCUT2D eigenvalue weighted by atomic mass is 9.84. The maximum Gasteiger partial charge on any atom is 0.236 e. The average Bonchev–Trinajstić information content (AvgIpc) is 2.48. The average molecular weight is 313 g/mol. The summed E-state index contributed by atoms with van der Waals surface area (Å²) in [5.41, 5.74) is 7.51. The van der Waals surface area contributed by atoms with E-state index in [-0.39, 0.29) is 5.25 Å². The van der Waals surface area contributed by atoms with Crippen molar-refractivity contribution in [2.75, 3.05) is 0 Å². The van der Waals surface area contributed by atoms with Crippen molar-refractivity contribution in [1.29, 1.82) is 0 Å². The molecule has 1 aliphatic rings. The van der Waals surface area contributed by atoms with Gasteiger partial charge in [0.05, 0.1) is 5.25 Å². The van der Waals surface area contributed by atoms with Gasteiger partial charge >= 0.3 is 0 Å². The van der Waals surface area contributed by atoms with E-state index in [0.717, 1.165) is 17.5 Å². The number of primary amides is 1.